The lowest BCUT2D eigenvalue weighted by atomic mass is 10.1. The second-order valence-electron chi connectivity index (χ2n) is 4.60. The van der Waals surface area contributed by atoms with Crippen LogP contribution in [0.4, 0.5) is 0 Å². The molecule has 5 nitrogen and oxygen atoms in total. The zero-order valence-electron chi connectivity index (χ0n) is 11.8. The fraction of sp³-hybridized carbons (Fsp3) is 0.500. The normalized spacial score (nSPS) is 21.2. The highest BCUT2D eigenvalue weighted by Crippen LogP contribution is 2.15. The topological polar surface area (TPSA) is 59.6 Å². The number of carbonyl (C=O) groups excluding carboxylic acids is 1. The average Bonchev–Trinajstić information content (AvgIpc) is 2.46. The molecule has 1 aromatic carbocycles. The van der Waals surface area contributed by atoms with Crippen molar-refractivity contribution in [3.8, 4) is 5.75 Å². The van der Waals surface area contributed by atoms with E-state index >= 15 is 0 Å². The standard InChI is InChI=1S/C14H19BrN2O3.ClH/c1-10-13(16-6-8-19-10)14(18)17-7-9-20-12-4-2-11(15)3-5-12;/h2-5,10,13,16H,6-9H2,1H3,(H,17,18);1H/t10-,13+;/m1./s1. The van der Waals surface area contributed by atoms with Gasteiger partial charge in [0, 0.05) is 11.0 Å². The SMILES string of the molecule is C[C@H]1OCCN[C@@H]1C(=O)NCCOc1ccc(Br)cc1.Cl. The fourth-order valence-corrected chi connectivity index (χ4v) is 2.28. The Morgan fingerprint density at radius 2 is 2.19 bits per heavy atom. The van der Waals surface area contributed by atoms with E-state index in [1.54, 1.807) is 0 Å². The first-order chi connectivity index (χ1) is 9.66. The van der Waals surface area contributed by atoms with Crippen molar-refractivity contribution in [1.82, 2.24) is 10.6 Å². The molecule has 21 heavy (non-hydrogen) atoms. The Hall–Kier alpha value is -0.820. The smallest absolute Gasteiger partial charge is 0.239 e. The first kappa shape index (κ1) is 18.2. The summed E-state index contributed by atoms with van der Waals surface area (Å²) >= 11 is 3.36. The third-order valence-electron chi connectivity index (χ3n) is 3.08. The molecule has 0 bridgehead atoms. The second kappa shape index (κ2) is 9.25. The van der Waals surface area contributed by atoms with Crippen molar-refractivity contribution < 1.29 is 14.3 Å². The van der Waals surface area contributed by atoms with Gasteiger partial charge in [-0.25, -0.2) is 0 Å². The first-order valence-corrected chi connectivity index (χ1v) is 7.47. The molecule has 0 unspecified atom stereocenters. The van der Waals surface area contributed by atoms with Gasteiger partial charge in [0.2, 0.25) is 5.91 Å². The summed E-state index contributed by atoms with van der Waals surface area (Å²) in [6.45, 7) is 4.17. The Balaban J connectivity index is 0.00000220. The van der Waals surface area contributed by atoms with Gasteiger partial charge in [-0.05, 0) is 31.2 Å². The number of amides is 1. The molecule has 1 aromatic rings. The van der Waals surface area contributed by atoms with Crippen LogP contribution in [0.5, 0.6) is 5.75 Å². The molecule has 0 saturated carbocycles. The lowest BCUT2D eigenvalue weighted by Gasteiger charge is -2.29. The summed E-state index contributed by atoms with van der Waals surface area (Å²) in [4.78, 5) is 11.9. The molecule has 1 fully saturated rings. The lowest BCUT2D eigenvalue weighted by molar-refractivity contribution is -0.129. The molecule has 2 atom stereocenters. The summed E-state index contributed by atoms with van der Waals surface area (Å²) in [5.74, 6) is 0.742. The second-order valence-corrected chi connectivity index (χ2v) is 5.52. The fourth-order valence-electron chi connectivity index (χ4n) is 2.01. The van der Waals surface area contributed by atoms with Crippen molar-refractivity contribution in [2.75, 3.05) is 26.3 Å². The van der Waals surface area contributed by atoms with Crippen LogP contribution in [0.15, 0.2) is 28.7 Å². The number of benzene rings is 1. The van der Waals surface area contributed by atoms with Crippen molar-refractivity contribution in [2.24, 2.45) is 0 Å². The quantitative estimate of drug-likeness (QED) is 0.765. The van der Waals surface area contributed by atoms with Gasteiger partial charge in [0.15, 0.2) is 0 Å². The highest BCUT2D eigenvalue weighted by molar-refractivity contribution is 9.10. The molecule has 0 spiro atoms. The number of hydrogen-bond donors (Lipinski definition) is 2. The number of morpholine rings is 1. The van der Waals surface area contributed by atoms with E-state index in [1.165, 1.54) is 0 Å². The Morgan fingerprint density at radius 3 is 2.86 bits per heavy atom. The highest BCUT2D eigenvalue weighted by Gasteiger charge is 2.27. The summed E-state index contributed by atoms with van der Waals surface area (Å²) in [7, 11) is 0. The van der Waals surface area contributed by atoms with Crippen LogP contribution in [0.2, 0.25) is 0 Å². The van der Waals surface area contributed by atoms with Gasteiger partial charge >= 0.3 is 0 Å². The van der Waals surface area contributed by atoms with Crippen LogP contribution >= 0.6 is 28.3 Å². The molecule has 7 heteroatoms. The van der Waals surface area contributed by atoms with E-state index < -0.39 is 0 Å². The van der Waals surface area contributed by atoms with Crippen LogP contribution in [-0.4, -0.2) is 44.4 Å². The number of halogens is 2. The zero-order valence-corrected chi connectivity index (χ0v) is 14.2. The van der Waals surface area contributed by atoms with Crippen molar-refractivity contribution in [3.63, 3.8) is 0 Å². The van der Waals surface area contributed by atoms with Gasteiger partial charge in [0.1, 0.15) is 18.4 Å². The largest absolute Gasteiger partial charge is 0.492 e. The molecule has 1 aliphatic rings. The number of carbonyl (C=O) groups is 1. The third-order valence-corrected chi connectivity index (χ3v) is 3.61. The minimum Gasteiger partial charge on any atom is -0.492 e. The molecule has 2 N–H and O–H groups in total. The molecule has 0 aromatic heterocycles. The minimum absolute atomic E-state index is 0. The molecule has 1 amide bonds. The molecular weight excluding hydrogens is 360 g/mol. The maximum Gasteiger partial charge on any atom is 0.239 e. The van der Waals surface area contributed by atoms with Crippen molar-refractivity contribution in [2.45, 2.75) is 19.1 Å². The molecule has 1 saturated heterocycles. The average molecular weight is 380 g/mol. The van der Waals surface area contributed by atoms with Crippen LogP contribution in [-0.2, 0) is 9.53 Å². The van der Waals surface area contributed by atoms with Gasteiger partial charge in [-0.2, -0.15) is 0 Å². The highest BCUT2D eigenvalue weighted by atomic mass is 79.9. The molecule has 2 rings (SSSR count). The zero-order chi connectivity index (χ0) is 14.4. The van der Waals surface area contributed by atoms with Crippen LogP contribution < -0.4 is 15.4 Å². The molecule has 1 aliphatic heterocycles. The Morgan fingerprint density at radius 1 is 1.48 bits per heavy atom. The summed E-state index contributed by atoms with van der Waals surface area (Å²) in [6.07, 6.45) is -0.101. The predicted octanol–water partition coefficient (Wildman–Crippen LogP) is 1.74. The summed E-state index contributed by atoms with van der Waals surface area (Å²) in [5.41, 5.74) is 0. The summed E-state index contributed by atoms with van der Waals surface area (Å²) < 4.78 is 12.0. The Kier molecular flexibility index (Phi) is 8.03. The van der Waals surface area contributed by atoms with Crippen molar-refractivity contribution >= 4 is 34.2 Å². The molecule has 0 aliphatic carbocycles. The minimum atomic E-state index is -0.281. The van der Waals surface area contributed by atoms with E-state index in [4.69, 9.17) is 9.47 Å². The van der Waals surface area contributed by atoms with E-state index in [0.717, 1.165) is 10.2 Å². The predicted molar refractivity (Wildman–Crippen MR) is 87.1 cm³/mol. The van der Waals surface area contributed by atoms with Crippen LogP contribution in [0.3, 0.4) is 0 Å². The van der Waals surface area contributed by atoms with Gasteiger partial charge in [0.25, 0.3) is 0 Å². The number of rotatable bonds is 5. The van der Waals surface area contributed by atoms with E-state index in [-0.39, 0.29) is 30.5 Å². The first-order valence-electron chi connectivity index (χ1n) is 6.68. The van der Waals surface area contributed by atoms with Gasteiger partial charge < -0.3 is 20.1 Å². The summed E-state index contributed by atoms with van der Waals surface area (Å²) in [6, 6.07) is 7.31. The van der Waals surface area contributed by atoms with E-state index in [2.05, 4.69) is 26.6 Å². The van der Waals surface area contributed by atoms with Crippen molar-refractivity contribution in [1.29, 1.82) is 0 Å². The summed E-state index contributed by atoms with van der Waals surface area (Å²) in [5, 5.41) is 6.00. The van der Waals surface area contributed by atoms with Gasteiger partial charge in [0.05, 0.1) is 19.3 Å². The van der Waals surface area contributed by atoms with Crippen LogP contribution in [0, 0.1) is 0 Å². The van der Waals surface area contributed by atoms with Gasteiger partial charge in [-0.1, -0.05) is 15.9 Å². The molecule has 0 radical (unpaired) electrons. The molecule has 118 valence electrons. The maximum absolute atomic E-state index is 11.9. The lowest BCUT2D eigenvalue weighted by Crippen LogP contribution is -2.55. The van der Waals surface area contributed by atoms with E-state index in [0.29, 0.717) is 26.3 Å². The van der Waals surface area contributed by atoms with E-state index in [9.17, 15) is 4.79 Å². The van der Waals surface area contributed by atoms with Crippen LogP contribution in [0.1, 0.15) is 6.92 Å². The third kappa shape index (κ3) is 5.82. The van der Waals surface area contributed by atoms with Crippen molar-refractivity contribution in [3.05, 3.63) is 28.7 Å². The maximum atomic E-state index is 11.9. The van der Waals surface area contributed by atoms with Crippen LogP contribution in [0.25, 0.3) is 0 Å². The van der Waals surface area contributed by atoms with Gasteiger partial charge in [-0.15, -0.1) is 12.4 Å². The number of ether oxygens (including phenoxy) is 2. The monoisotopic (exact) mass is 378 g/mol. The van der Waals surface area contributed by atoms with E-state index in [1.807, 2.05) is 31.2 Å². The molecule has 1 heterocycles. The number of nitrogens with one attached hydrogen (secondary N) is 2. The number of hydrogen-bond acceptors (Lipinski definition) is 4. The Labute approximate surface area is 139 Å². The van der Waals surface area contributed by atoms with Gasteiger partial charge in [-0.3, -0.25) is 4.79 Å². The Bertz CT molecular complexity index is 444. The molecular formula is C14H20BrClN2O3.